The van der Waals surface area contributed by atoms with Gasteiger partial charge >= 0.3 is 0 Å². The maximum Gasteiger partial charge on any atom is 0.294 e. The van der Waals surface area contributed by atoms with Gasteiger partial charge in [0, 0.05) is 10.9 Å². The molecule has 1 atom stereocenters. The molecule has 0 fully saturated rings. The van der Waals surface area contributed by atoms with Gasteiger partial charge in [0.05, 0.1) is 14.2 Å². The van der Waals surface area contributed by atoms with Crippen LogP contribution in [-0.2, 0) is 13.1 Å². The van der Waals surface area contributed by atoms with E-state index in [4.69, 9.17) is 9.15 Å². The van der Waals surface area contributed by atoms with Crippen LogP contribution < -0.4 is 15.2 Å². The molecule has 0 spiro atoms. The molecule has 6 nitrogen and oxygen atoms in total. The number of nitrogens with one attached hydrogen (secondary N) is 2. The quantitative estimate of drug-likeness (QED) is 0.577. The van der Waals surface area contributed by atoms with E-state index >= 15 is 0 Å². The Labute approximate surface area is 150 Å². The van der Waals surface area contributed by atoms with Gasteiger partial charge in [0.2, 0.25) is 5.58 Å². The lowest BCUT2D eigenvalue weighted by molar-refractivity contribution is -0.908. The summed E-state index contributed by atoms with van der Waals surface area (Å²) >= 11 is 0. The number of furan rings is 1. The topological polar surface area (TPSA) is 72.6 Å². The highest BCUT2D eigenvalue weighted by atomic mass is 16.5. The molecule has 2 aromatic heterocycles. The summed E-state index contributed by atoms with van der Waals surface area (Å²) in [6, 6.07) is 15.6. The maximum absolute atomic E-state index is 12.4. The number of benzene rings is 2. The van der Waals surface area contributed by atoms with E-state index in [1.165, 1.54) is 10.5 Å². The van der Waals surface area contributed by atoms with Crippen LogP contribution in [-0.4, -0.2) is 24.1 Å². The number of aromatic amines is 1. The Hall–Kier alpha value is -3.12. The van der Waals surface area contributed by atoms with Crippen molar-refractivity contribution in [3.8, 4) is 5.75 Å². The first-order chi connectivity index (χ1) is 12.6. The average molecular weight is 350 g/mol. The number of hydrogen-bond acceptors (Lipinski definition) is 4. The van der Waals surface area contributed by atoms with Crippen molar-refractivity contribution >= 4 is 22.1 Å². The number of ether oxygens (including phenoxy) is 1. The largest absolute Gasteiger partial charge is 0.497 e. The zero-order valence-corrected chi connectivity index (χ0v) is 14.7. The van der Waals surface area contributed by atoms with Gasteiger partial charge in [0.15, 0.2) is 5.82 Å². The zero-order valence-electron chi connectivity index (χ0n) is 14.7. The number of fused-ring (bicyclic) bond motifs is 3. The van der Waals surface area contributed by atoms with Crippen LogP contribution >= 0.6 is 0 Å². The highest BCUT2D eigenvalue weighted by Gasteiger charge is 2.15. The molecule has 132 valence electrons. The first-order valence-electron chi connectivity index (χ1n) is 8.48. The second-order valence-corrected chi connectivity index (χ2v) is 6.45. The zero-order chi connectivity index (χ0) is 18.1. The summed E-state index contributed by atoms with van der Waals surface area (Å²) < 4.78 is 10.9. The first kappa shape index (κ1) is 16.4. The number of para-hydroxylation sites is 1. The van der Waals surface area contributed by atoms with E-state index in [2.05, 4.69) is 23.1 Å². The van der Waals surface area contributed by atoms with Crippen molar-refractivity contribution in [1.82, 2.24) is 9.97 Å². The highest BCUT2D eigenvalue weighted by Crippen LogP contribution is 2.24. The molecule has 0 aliphatic rings. The number of methoxy groups -OCH3 is 1. The fourth-order valence-corrected chi connectivity index (χ4v) is 3.21. The van der Waals surface area contributed by atoms with Gasteiger partial charge in [0.1, 0.15) is 29.9 Å². The fraction of sp³-hybridized carbons (Fsp3) is 0.200. The van der Waals surface area contributed by atoms with Crippen molar-refractivity contribution in [2.24, 2.45) is 0 Å². The molecule has 1 unspecified atom stereocenters. The number of hydrogen-bond donors (Lipinski definition) is 2. The number of nitrogens with zero attached hydrogens (tertiary/aromatic N) is 1. The Morgan fingerprint density at radius 1 is 1.15 bits per heavy atom. The Kier molecular flexibility index (Phi) is 4.18. The number of rotatable bonds is 5. The van der Waals surface area contributed by atoms with Crippen molar-refractivity contribution in [2.45, 2.75) is 13.1 Å². The third-order valence-electron chi connectivity index (χ3n) is 4.39. The van der Waals surface area contributed by atoms with Gasteiger partial charge < -0.3 is 19.0 Å². The Morgan fingerprint density at radius 2 is 2.00 bits per heavy atom. The molecule has 0 radical (unpaired) electrons. The molecule has 0 saturated heterocycles. The van der Waals surface area contributed by atoms with Crippen LogP contribution in [0, 0.1) is 0 Å². The van der Waals surface area contributed by atoms with Gasteiger partial charge in [-0.05, 0) is 24.3 Å². The summed E-state index contributed by atoms with van der Waals surface area (Å²) in [5.74, 6) is 1.49. The van der Waals surface area contributed by atoms with Crippen molar-refractivity contribution in [1.29, 1.82) is 0 Å². The Morgan fingerprint density at radius 3 is 2.85 bits per heavy atom. The summed E-state index contributed by atoms with van der Waals surface area (Å²) in [5, 5.41) is 0.861. The summed E-state index contributed by atoms with van der Waals surface area (Å²) in [7, 11) is 3.73. The molecule has 0 aliphatic carbocycles. The van der Waals surface area contributed by atoms with Crippen LogP contribution in [0.3, 0.4) is 0 Å². The third-order valence-corrected chi connectivity index (χ3v) is 4.39. The molecule has 2 N–H and O–H groups in total. The summed E-state index contributed by atoms with van der Waals surface area (Å²) in [6.45, 7) is 1.40. The van der Waals surface area contributed by atoms with Gasteiger partial charge in [-0.25, -0.2) is 4.98 Å². The van der Waals surface area contributed by atoms with E-state index in [0.717, 1.165) is 17.7 Å². The first-order valence-corrected chi connectivity index (χ1v) is 8.48. The molecular weight excluding hydrogens is 330 g/mol. The Bertz CT molecular complexity index is 1130. The average Bonchev–Trinajstić information content (AvgIpc) is 3.01. The third kappa shape index (κ3) is 3.07. The minimum absolute atomic E-state index is 0.240. The van der Waals surface area contributed by atoms with Crippen LogP contribution in [0.25, 0.3) is 22.1 Å². The highest BCUT2D eigenvalue weighted by molar-refractivity contribution is 6.01. The van der Waals surface area contributed by atoms with Crippen molar-refractivity contribution in [3.05, 3.63) is 70.3 Å². The van der Waals surface area contributed by atoms with E-state index in [-0.39, 0.29) is 11.1 Å². The minimum Gasteiger partial charge on any atom is -0.497 e. The van der Waals surface area contributed by atoms with Crippen molar-refractivity contribution in [3.63, 3.8) is 0 Å². The summed E-state index contributed by atoms with van der Waals surface area (Å²) in [6.07, 6.45) is 0. The van der Waals surface area contributed by atoms with E-state index in [9.17, 15) is 4.79 Å². The van der Waals surface area contributed by atoms with E-state index < -0.39 is 0 Å². The van der Waals surface area contributed by atoms with Gasteiger partial charge in [-0.15, -0.1) is 0 Å². The van der Waals surface area contributed by atoms with E-state index in [1.54, 1.807) is 7.11 Å². The van der Waals surface area contributed by atoms with Gasteiger partial charge in [0.25, 0.3) is 5.56 Å². The minimum atomic E-state index is -0.240. The molecule has 0 amide bonds. The van der Waals surface area contributed by atoms with Crippen LogP contribution in [0.1, 0.15) is 11.4 Å². The van der Waals surface area contributed by atoms with Crippen LogP contribution in [0.5, 0.6) is 5.75 Å². The molecule has 2 heterocycles. The van der Waals surface area contributed by atoms with Crippen LogP contribution in [0.4, 0.5) is 0 Å². The molecule has 26 heavy (non-hydrogen) atoms. The molecular formula is C20H20N3O3+. The number of aromatic nitrogens is 2. The maximum atomic E-state index is 12.4. The SMILES string of the molecule is COc1cccc(C[NH+](C)Cc2nc3c(oc4ccccc43)c(=O)[nH]2)c1. The van der Waals surface area contributed by atoms with Gasteiger partial charge in [-0.3, -0.25) is 4.79 Å². The summed E-state index contributed by atoms with van der Waals surface area (Å²) in [5.41, 5.74) is 2.50. The van der Waals surface area contributed by atoms with E-state index in [0.29, 0.717) is 23.5 Å². The lowest BCUT2D eigenvalue weighted by Gasteiger charge is -2.14. The molecule has 4 rings (SSSR count). The monoisotopic (exact) mass is 350 g/mol. The molecule has 4 aromatic rings. The van der Waals surface area contributed by atoms with Crippen molar-refractivity contribution < 1.29 is 14.1 Å². The molecule has 2 aromatic carbocycles. The lowest BCUT2D eigenvalue weighted by atomic mass is 10.2. The molecule has 0 bridgehead atoms. The van der Waals surface area contributed by atoms with Crippen molar-refractivity contribution in [2.75, 3.05) is 14.2 Å². The normalized spacial score (nSPS) is 12.5. The Balaban J connectivity index is 1.62. The standard InChI is InChI=1S/C20H19N3O3/c1-23(11-13-6-5-7-14(10-13)25-2)12-17-21-18-15-8-3-4-9-16(15)26-19(18)20(24)22-17/h3-10H,11-12H2,1-2H3,(H,21,22,24)/p+1. The van der Waals surface area contributed by atoms with Gasteiger partial charge in [-0.2, -0.15) is 0 Å². The second-order valence-electron chi connectivity index (χ2n) is 6.45. The van der Waals surface area contributed by atoms with E-state index in [1.807, 2.05) is 42.5 Å². The predicted octanol–water partition coefficient (Wildman–Crippen LogP) is 1.89. The van der Waals surface area contributed by atoms with Crippen LogP contribution in [0.2, 0.25) is 0 Å². The molecule has 6 heteroatoms. The lowest BCUT2D eigenvalue weighted by Crippen LogP contribution is -3.06. The smallest absolute Gasteiger partial charge is 0.294 e. The number of H-pyrrole nitrogens is 1. The summed E-state index contributed by atoms with van der Waals surface area (Å²) in [4.78, 5) is 21.1. The van der Waals surface area contributed by atoms with Crippen LogP contribution in [0.15, 0.2) is 57.7 Å². The molecule has 0 aliphatic heterocycles. The second kappa shape index (κ2) is 6.65. The molecule has 0 saturated carbocycles. The van der Waals surface area contributed by atoms with Gasteiger partial charge in [-0.1, -0.05) is 24.3 Å². The number of quaternary nitrogens is 1. The predicted molar refractivity (Wildman–Crippen MR) is 99.4 cm³/mol. The fourth-order valence-electron chi connectivity index (χ4n) is 3.21.